The fourth-order valence-corrected chi connectivity index (χ4v) is 4.21. The molecule has 0 spiro atoms. The van der Waals surface area contributed by atoms with Gasteiger partial charge in [-0.3, -0.25) is 9.69 Å². The van der Waals surface area contributed by atoms with Crippen LogP contribution in [0.3, 0.4) is 0 Å². The van der Waals surface area contributed by atoms with E-state index in [-0.39, 0.29) is 11.7 Å². The van der Waals surface area contributed by atoms with Gasteiger partial charge in [-0.25, -0.2) is 0 Å². The minimum atomic E-state index is -0.136. The molecule has 0 unspecified atom stereocenters. The highest BCUT2D eigenvalue weighted by Gasteiger charge is 2.17. The molecule has 0 radical (unpaired) electrons. The molecule has 1 fully saturated rings. The number of ether oxygens (including phenoxy) is 1. The third-order valence-electron chi connectivity index (χ3n) is 5.35. The van der Waals surface area contributed by atoms with Gasteiger partial charge in [0.15, 0.2) is 0 Å². The molecule has 172 valence electrons. The molecule has 3 aromatic rings. The van der Waals surface area contributed by atoms with Gasteiger partial charge in [0, 0.05) is 44.1 Å². The summed E-state index contributed by atoms with van der Waals surface area (Å²) in [6, 6.07) is 15.4. The number of benzene rings is 2. The quantitative estimate of drug-likeness (QED) is 0.378. The van der Waals surface area contributed by atoms with Crippen molar-refractivity contribution in [1.82, 2.24) is 15.1 Å². The van der Waals surface area contributed by atoms with E-state index in [4.69, 9.17) is 9.15 Å². The average molecular weight is 466 g/mol. The van der Waals surface area contributed by atoms with Crippen LogP contribution in [0.25, 0.3) is 11.5 Å². The Bertz CT molecular complexity index is 1080. The summed E-state index contributed by atoms with van der Waals surface area (Å²) in [5.41, 5.74) is 2.64. The van der Waals surface area contributed by atoms with Crippen LogP contribution < -0.4 is 15.0 Å². The number of anilines is 2. The van der Waals surface area contributed by atoms with Gasteiger partial charge in [0.05, 0.1) is 18.4 Å². The maximum absolute atomic E-state index is 12.4. The Hall–Kier alpha value is -3.30. The third kappa shape index (κ3) is 5.94. The predicted molar refractivity (Wildman–Crippen MR) is 131 cm³/mol. The first-order chi connectivity index (χ1) is 16.2. The first-order valence-corrected chi connectivity index (χ1v) is 11.7. The molecule has 33 heavy (non-hydrogen) atoms. The van der Waals surface area contributed by atoms with Gasteiger partial charge in [0.1, 0.15) is 5.75 Å². The fraction of sp³-hybridized carbons (Fsp3) is 0.292. The van der Waals surface area contributed by atoms with Gasteiger partial charge in [0.2, 0.25) is 5.91 Å². The number of methoxy groups -OCH3 is 1. The lowest BCUT2D eigenvalue weighted by molar-refractivity contribution is -0.113. The number of nitrogens with zero attached hydrogens (tertiary/aromatic N) is 4. The number of para-hydroxylation sites is 1. The normalized spacial score (nSPS) is 14.2. The molecular weight excluding hydrogens is 438 g/mol. The Labute approximate surface area is 197 Å². The van der Waals surface area contributed by atoms with Crippen molar-refractivity contribution in [2.75, 3.05) is 55.8 Å². The molecule has 1 aromatic heterocycles. The van der Waals surface area contributed by atoms with E-state index in [1.54, 1.807) is 7.11 Å². The largest absolute Gasteiger partial charge is 0.496 e. The molecular formula is C24H27N5O3S. The van der Waals surface area contributed by atoms with Crippen molar-refractivity contribution in [3.05, 3.63) is 61.2 Å². The van der Waals surface area contributed by atoms with E-state index in [1.807, 2.05) is 54.6 Å². The highest BCUT2D eigenvalue weighted by atomic mass is 32.2. The summed E-state index contributed by atoms with van der Waals surface area (Å²) in [6.45, 7) is 8.76. The number of nitrogens with one attached hydrogen (secondary N) is 1. The summed E-state index contributed by atoms with van der Waals surface area (Å²) in [5, 5.41) is 11.3. The molecule has 0 atom stereocenters. The number of aromatic nitrogens is 2. The number of amides is 1. The van der Waals surface area contributed by atoms with Crippen molar-refractivity contribution in [3.63, 3.8) is 0 Å². The lowest BCUT2D eigenvalue weighted by Crippen LogP contribution is -2.46. The Balaban J connectivity index is 1.27. The van der Waals surface area contributed by atoms with Crippen molar-refractivity contribution in [2.45, 2.75) is 5.22 Å². The topological polar surface area (TPSA) is 83.7 Å². The minimum Gasteiger partial charge on any atom is -0.496 e. The molecule has 1 aliphatic heterocycles. The van der Waals surface area contributed by atoms with Gasteiger partial charge in [-0.15, -0.1) is 16.8 Å². The van der Waals surface area contributed by atoms with Crippen LogP contribution in [0.2, 0.25) is 0 Å². The van der Waals surface area contributed by atoms with Crippen LogP contribution in [0.4, 0.5) is 11.4 Å². The summed E-state index contributed by atoms with van der Waals surface area (Å²) in [4.78, 5) is 17.1. The number of carbonyl (C=O) groups is 1. The van der Waals surface area contributed by atoms with Gasteiger partial charge >= 0.3 is 0 Å². The van der Waals surface area contributed by atoms with E-state index >= 15 is 0 Å². The highest BCUT2D eigenvalue weighted by Crippen LogP contribution is 2.30. The van der Waals surface area contributed by atoms with Crippen LogP contribution in [0.5, 0.6) is 5.75 Å². The molecule has 0 bridgehead atoms. The molecule has 8 nitrogen and oxygen atoms in total. The average Bonchev–Trinajstić information content (AvgIpc) is 3.33. The Morgan fingerprint density at radius 3 is 2.64 bits per heavy atom. The van der Waals surface area contributed by atoms with Gasteiger partial charge in [-0.05, 0) is 36.4 Å². The summed E-state index contributed by atoms with van der Waals surface area (Å²) in [7, 11) is 1.59. The summed E-state index contributed by atoms with van der Waals surface area (Å²) in [6.07, 6.45) is 1.95. The second-order valence-electron chi connectivity index (χ2n) is 7.53. The van der Waals surface area contributed by atoms with E-state index in [0.29, 0.717) is 22.4 Å². The van der Waals surface area contributed by atoms with E-state index < -0.39 is 0 Å². The standard InChI is InChI=1S/C24H27N5O3S/c1-3-12-28-13-15-29(16-14-28)19-10-8-18(9-11-19)25-22(30)17-33-24-27-26-23(32-24)20-6-4-5-7-21(20)31-2/h3-11H,1,12-17H2,2H3,(H,25,30). The van der Waals surface area contributed by atoms with Gasteiger partial charge in [-0.1, -0.05) is 30.0 Å². The number of rotatable bonds is 9. The molecule has 9 heteroatoms. The lowest BCUT2D eigenvalue weighted by atomic mass is 10.2. The second-order valence-corrected chi connectivity index (χ2v) is 8.46. The van der Waals surface area contributed by atoms with E-state index in [2.05, 4.69) is 31.9 Å². The zero-order valence-corrected chi connectivity index (χ0v) is 19.4. The van der Waals surface area contributed by atoms with Crippen LogP contribution in [-0.4, -0.2) is 66.6 Å². The third-order valence-corrected chi connectivity index (χ3v) is 6.16. The van der Waals surface area contributed by atoms with Crippen LogP contribution in [0, 0.1) is 0 Å². The summed E-state index contributed by atoms with van der Waals surface area (Å²) >= 11 is 1.19. The van der Waals surface area contributed by atoms with E-state index in [0.717, 1.165) is 44.1 Å². The summed E-state index contributed by atoms with van der Waals surface area (Å²) < 4.78 is 11.0. The lowest BCUT2D eigenvalue weighted by Gasteiger charge is -2.35. The van der Waals surface area contributed by atoms with Crippen LogP contribution in [-0.2, 0) is 4.79 Å². The summed E-state index contributed by atoms with van der Waals surface area (Å²) in [5.74, 6) is 1.04. The van der Waals surface area contributed by atoms with Crippen molar-refractivity contribution >= 4 is 29.0 Å². The molecule has 0 aliphatic carbocycles. The van der Waals surface area contributed by atoms with Crippen molar-refractivity contribution in [2.24, 2.45) is 0 Å². The number of hydrogen-bond acceptors (Lipinski definition) is 8. The number of hydrogen-bond donors (Lipinski definition) is 1. The zero-order valence-electron chi connectivity index (χ0n) is 18.6. The molecule has 1 N–H and O–H groups in total. The van der Waals surface area contributed by atoms with Crippen molar-refractivity contribution < 1.29 is 13.9 Å². The van der Waals surface area contributed by atoms with Crippen molar-refractivity contribution in [3.8, 4) is 17.2 Å². The number of carbonyl (C=O) groups excluding carboxylic acids is 1. The predicted octanol–water partition coefficient (Wildman–Crippen LogP) is 3.78. The van der Waals surface area contributed by atoms with E-state index in [9.17, 15) is 4.79 Å². The van der Waals surface area contributed by atoms with Gasteiger partial charge < -0.3 is 19.4 Å². The maximum Gasteiger partial charge on any atom is 0.277 e. The Kier molecular flexibility index (Phi) is 7.64. The second kappa shape index (κ2) is 11.0. The first kappa shape index (κ1) is 22.9. The molecule has 1 saturated heterocycles. The molecule has 1 aliphatic rings. The fourth-order valence-electron chi connectivity index (χ4n) is 3.65. The highest BCUT2D eigenvalue weighted by molar-refractivity contribution is 7.99. The monoisotopic (exact) mass is 465 g/mol. The molecule has 0 saturated carbocycles. The van der Waals surface area contributed by atoms with Crippen LogP contribution in [0.1, 0.15) is 0 Å². The number of piperazine rings is 1. The SMILES string of the molecule is C=CCN1CCN(c2ccc(NC(=O)CSc3nnc(-c4ccccc4OC)o3)cc2)CC1. The van der Waals surface area contributed by atoms with Gasteiger partial charge in [0.25, 0.3) is 11.1 Å². The number of thioether (sulfide) groups is 1. The van der Waals surface area contributed by atoms with E-state index in [1.165, 1.54) is 11.8 Å². The minimum absolute atomic E-state index is 0.136. The first-order valence-electron chi connectivity index (χ1n) is 10.7. The molecule has 4 rings (SSSR count). The maximum atomic E-state index is 12.4. The van der Waals surface area contributed by atoms with Crippen LogP contribution >= 0.6 is 11.8 Å². The molecule has 1 amide bonds. The van der Waals surface area contributed by atoms with Crippen LogP contribution in [0.15, 0.2) is 70.8 Å². The zero-order chi connectivity index (χ0) is 23.0. The smallest absolute Gasteiger partial charge is 0.277 e. The van der Waals surface area contributed by atoms with Crippen molar-refractivity contribution in [1.29, 1.82) is 0 Å². The molecule has 2 aromatic carbocycles. The molecule has 2 heterocycles. The Morgan fingerprint density at radius 1 is 1.15 bits per heavy atom. The van der Waals surface area contributed by atoms with Gasteiger partial charge in [-0.2, -0.15) is 0 Å². The Morgan fingerprint density at radius 2 is 1.91 bits per heavy atom.